The molecule has 3 heteroatoms. The molecule has 1 heterocycles. The molecule has 1 aromatic rings. The number of nitrogens with zero attached hydrogens (tertiary/aromatic N) is 2. The zero-order valence-corrected chi connectivity index (χ0v) is 9.24. The van der Waals surface area contributed by atoms with Crippen molar-refractivity contribution in [3.05, 3.63) is 29.1 Å². The van der Waals surface area contributed by atoms with E-state index >= 15 is 0 Å². The second-order valence-electron chi connectivity index (χ2n) is 3.68. The van der Waals surface area contributed by atoms with Crippen molar-refractivity contribution in [1.82, 2.24) is 4.98 Å². The lowest BCUT2D eigenvalue weighted by Crippen LogP contribution is -2.05. The highest BCUT2D eigenvalue weighted by atomic mass is 16.1. The zero-order chi connectivity index (χ0) is 11.4. The van der Waals surface area contributed by atoms with Crippen molar-refractivity contribution in [2.24, 2.45) is 0 Å². The van der Waals surface area contributed by atoms with Gasteiger partial charge in [-0.05, 0) is 17.5 Å². The van der Waals surface area contributed by atoms with Gasteiger partial charge in [0.2, 0.25) is 0 Å². The molecule has 0 aromatic carbocycles. The summed E-state index contributed by atoms with van der Waals surface area (Å²) in [4.78, 5) is 15.5. The molecule has 0 saturated carbocycles. The minimum absolute atomic E-state index is 0.0261. The molecule has 3 nitrogen and oxygen atoms in total. The van der Waals surface area contributed by atoms with Crippen LogP contribution in [0.4, 0.5) is 0 Å². The minimum Gasteiger partial charge on any atom is -0.292 e. The Bertz CT molecular complexity index is 416. The summed E-state index contributed by atoms with van der Waals surface area (Å²) in [6.45, 7) is 5.78. The Balaban J connectivity index is 3.21. The van der Waals surface area contributed by atoms with Gasteiger partial charge in [0.1, 0.15) is 17.5 Å². The van der Waals surface area contributed by atoms with Crippen LogP contribution in [0.15, 0.2) is 12.1 Å². The quantitative estimate of drug-likeness (QED) is 0.708. The van der Waals surface area contributed by atoms with Crippen LogP contribution in [0.3, 0.4) is 0 Å². The first kappa shape index (κ1) is 11.4. The fourth-order valence-corrected chi connectivity index (χ4v) is 1.36. The Labute approximate surface area is 89.8 Å². The van der Waals surface area contributed by atoms with Crippen LogP contribution in [0.1, 0.15) is 54.9 Å². The van der Waals surface area contributed by atoms with E-state index in [-0.39, 0.29) is 11.7 Å². The number of ketones is 1. The molecule has 78 valence electrons. The van der Waals surface area contributed by atoms with E-state index in [0.29, 0.717) is 17.8 Å². The van der Waals surface area contributed by atoms with Gasteiger partial charge in [0.15, 0.2) is 5.78 Å². The van der Waals surface area contributed by atoms with E-state index in [0.717, 1.165) is 5.56 Å². The van der Waals surface area contributed by atoms with Gasteiger partial charge in [-0.15, -0.1) is 0 Å². The third-order valence-corrected chi connectivity index (χ3v) is 2.26. The monoisotopic (exact) mass is 202 g/mol. The number of aromatic nitrogens is 1. The van der Waals surface area contributed by atoms with Gasteiger partial charge in [0.05, 0.1) is 0 Å². The number of carbonyl (C=O) groups is 1. The van der Waals surface area contributed by atoms with Crippen LogP contribution < -0.4 is 0 Å². The molecule has 0 aliphatic rings. The van der Waals surface area contributed by atoms with Crippen molar-refractivity contribution < 1.29 is 4.79 Å². The largest absolute Gasteiger partial charge is 0.292 e. The summed E-state index contributed by atoms with van der Waals surface area (Å²) in [6.07, 6.45) is 0.416. The molecule has 0 atom stereocenters. The Morgan fingerprint density at radius 1 is 1.53 bits per heavy atom. The number of carbonyl (C=O) groups excluding carboxylic acids is 1. The van der Waals surface area contributed by atoms with E-state index in [1.807, 2.05) is 26.0 Å². The summed E-state index contributed by atoms with van der Waals surface area (Å²) in [7, 11) is 0. The molecule has 0 amide bonds. The summed E-state index contributed by atoms with van der Waals surface area (Å²) in [6, 6.07) is 5.55. The van der Waals surface area contributed by atoms with E-state index < -0.39 is 0 Å². The van der Waals surface area contributed by atoms with Gasteiger partial charge < -0.3 is 0 Å². The predicted octanol–water partition coefficient (Wildman–Crippen LogP) is 2.67. The van der Waals surface area contributed by atoms with E-state index in [4.69, 9.17) is 5.26 Å². The van der Waals surface area contributed by atoms with Gasteiger partial charge in [-0.2, -0.15) is 5.26 Å². The molecule has 0 radical (unpaired) electrons. The fraction of sp³-hybridized carbons (Fsp3) is 0.417. The molecule has 0 unspecified atom stereocenters. The highest BCUT2D eigenvalue weighted by Crippen LogP contribution is 2.18. The van der Waals surface area contributed by atoms with Gasteiger partial charge in [0.25, 0.3) is 0 Å². The van der Waals surface area contributed by atoms with Crippen LogP contribution in [0.5, 0.6) is 0 Å². The third kappa shape index (κ3) is 2.41. The number of rotatable bonds is 3. The lowest BCUT2D eigenvalue weighted by atomic mass is 10.0. The zero-order valence-electron chi connectivity index (χ0n) is 9.24. The van der Waals surface area contributed by atoms with Gasteiger partial charge in [-0.1, -0.05) is 26.8 Å². The predicted molar refractivity (Wildman–Crippen MR) is 57.7 cm³/mol. The average Bonchev–Trinajstić information content (AvgIpc) is 2.26. The average molecular weight is 202 g/mol. The second kappa shape index (κ2) is 4.70. The normalized spacial score (nSPS) is 10.1. The van der Waals surface area contributed by atoms with Crippen molar-refractivity contribution in [3.8, 4) is 6.07 Å². The minimum atomic E-state index is -0.0261. The molecule has 0 fully saturated rings. The van der Waals surface area contributed by atoms with Crippen LogP contribution in [-0.2, 0) is 0 Å². The molecule has 1 rings (SSSR count). The molecular formula is C12H14N2O. The highest BCUT2D eigenvalue weighted by molar-refractivity contribution is 5.94. The van der Waals surface area contributed by atoms with Gasteiger partial charge in [0, 0.05) is 6.42 Å². The summed E-state index contributed by atoms with van der Waals surface area (Å²) >= 11 is 0. The molecule has 0 bridgehead atoms. The van der Waals surface area contributed by atoms with Crippen LogP contribution in [-0.4, -0.2) is 10.8 Å². The Morgan fingerprint density at radius 2 is 2.20 bits per heavy atom. The summed E-state index contributed by atoms with van der Waals surface area (Å²) in [5, 5.41) is 8.92. The fourth-order valence-electron chi connectivity index (χ4n) is 1.36. The molecule has 0 saturated heterocycles. The second-order valence-corrected chi connectivity index (χ2v) is 3.68. The maximum absolute atomic E-state index is 11.4. The van der Waals surface area contributed by atoms with Crippen LogP contribution >= 0.6 is 0 Å². The van der Waals surface area contributed by atoms with Crippen molar-refractivity contribution in [3.63, 3.8) is 0 Å². The summed E-state index contributed by atoms with van der Waals surface area (Å²) in [5.41, 5.74) is 1.65. The smallest absolute Gasteiger partial charge is 0.180 e. The molecular weight excluding hydrogens is 188 g/mol. The molecule has 1 aromatic heterocycles. The molecule has 15 heavy (non-hydrogen) atoms. The van der Waals surface area contributed by atoms with E-state index in [1.165, 1.54) is 0 Å². The number of nitriles is 1. The van der Waals surface area contributed by atoms with Gasteiger partial charge in [-0.25, -0.2) is 4.98 Å². The molecule has 0 aliphatic carbocycles. The van der Waals surface area contributed by atoms with E-state index in [1.54, 1.807) is 13.0 Å². The van der Waals surface area contributed by atoms with Crippen LogP contribution in [0.2, 0.25) is 0 Å². The van der Waals surface area contributed by atoms with Crippen molar-refractivity contribution in [2.75, 3.05) is 0 Å². The highest BCUT2D eigenvalue weighted by Gasteiger charge is 2.11. The number of hydrogen-bond acceptors (Lipinski definition) is 3. The van der Waals surface area contributed by atoms with E-state index in [2.05, 4.69) is 4.98 Å². The Morgan fingerprint density at radius 3 is 2.67 bits per heavy atom. The van der Waals surface area contributed by atoms with Gasteiger partial charge in [-0.3, -0.25) is 4.79 Å². The summed E-state index contributed by atoms with van der Waals surface area (Å²) in [5.74, 6) is 0.222. The number of hydrogen-bond donors (Lipinski definition) is 0. The number of pyridine rings is 1. The van der Waals surface area contributed by atoms with E-state index in [9.17, 15) is 4.79 Å². The summed E-state index contributed by atoms with van der Waals surface area (Å²) < 4.78 is 0. The standard InChI is InChI=1S/C12H14N2O/c1-4-12(15)10-6-5-9(8(2)3)11(7-13)14-10/h5-6,8H,4H2,1-3H3. The maximum atomic E-state index is 11.4. The number of Topliss-reactive ketones (excluding diaryl/α,β-unsaturated/α-hetero) is 1. The van der Waals surface area contributed by atoms with Crippen LogP contribution in [0, 0.1) is 11.3 Å². The third-order valence-electron chi connectivity index (χ3n) is 2.26. The first-order valence-electron chi connectivity index (χ1n) is 5.04. The lowest BCUT2D eigenvalue weighted by molar-refractivity contribution is 0.0983. The van der Waals surface area contributed by atoms with Crippen molar-refractivity contribution >= 4 is 5.78 Å². The van der Waals surface area contributed by atoms with Gasteiger partial charge >= 0.3 is 0 Å². The SMILES string of the molecule is CCC(=O)c1ccc(C(C)C)c(C#N)n1. The first-order chi connectivity index (χ1) is 7.10. The van der Waals surface area contributed by atoms with Crippen molar-refractivity contribution in [1.29, 1.82) is 5.26 Å². The lowest BCUT2D eigenvalue weighted by Gasteiger charge is -2.07. The topological polar surface area (TPSA) is 53.8 Å². The molecule has 0 aliphatic heterocycles. The van der Waals surface area contributed by atoms with Crippen LogP contribution in [0.25, 0.3) is 0 Å². The molecule has 0 spiro atoms. The molecule has 0 N–H and O–H groups in total. The Kier molecular flexibility index (Phi) is 3.56. The first-order valence-corrected chi connectivity index (χ1v) is 5.04. The Hall–Kier alpha value is -1.69. The maximum Gasteiger partial charge on any atom is 0.180 e. The van der Waals surface area contributed by atoms with Crippen molar-refractivity contribution in [2.45, 2.75) is 33.1 Å².